The predicted molar refractivity (Wildman–Crippen MR) is 72.2 cm³/mol. The average Bonchev–Trinajstić information content (AvgIpc) is 2.88. The molecule has 0 bridgehead atoms. The highest BCUT2D eigenvalue weighted by Crippen LogP contribution is 2.17. The second kappa shape index (κ2) is 6.01. The van der Waals surface area contributed by atoms with E-state index >= 15 is 0 Å². The second-order valence-electron chi connectivity index (χ2n) is 4.19. The number of hydrogen-bond acceptors (Lipinski definition) is 2. The first-order valence-electron chi connectivity index (χ1n) is 6.02. The highest BCUT2D eigenvalue weighted by Gasteiger charge is 2.15. The van der Waals surface area contributed by atoms with Gasteiger partial charge in [0.25, 0.3) is 0 Å². The third-order valence-electron chi connectivity index (χ3n) is 2.76. The van der Waals surface area contributed by atoms with Gasteiger partial charge in [-0.3, -0.25) is 0 Å². The van der Waals surface area contributed by atoms with Gasteiger partial charge in [-0.15, -0.1) is 6.58 Å². The zero-order valence-electron chi connectivity index (χ0n) is 10.7. The van der Waals surface area contributed by atoms with Gasteiger partial charge in [0.15, 0.2) is 0 Å². The van der Waals surface area contributed by atoms with Crippen molar-refractivity contribution in [1.82, 2.24) is 15.1 Å². The fraction of sp³-hybridized carbons (Fsp3) is 0.143. The van der Waals surface area contributed by atoms with Crippen LogP contribution in [0.15, 0.2) is 49.2 Å². The SMILES string of the molecule is C=CC[C@H](NC(=O)O)c1ccn(-c2ccc(F)cc2)n1. The van der Waals surface area contributed by atoms with Gasteiger partial charge in [-0.05, 0) is 36.8 Å². The molecule has 1 aromatic carbocycles. The lowest BCUT2D eigenvalue weighted by molar-refractivity contribution is 0.189. The Kier molecular flexibility index (Phi) is 4.14. The van der Waals surface area contributed by atoms with Crippen molar-refractivity contribution in [3.05, 3.63) is 60.7 Å². The number of halogens is 1. The highest BCUT2D eigenvalue weighted by atomic mass is 19.1. The van der Waals surface area contributed by atoms with Crippen molar-refractivity contribution in [2.75, 3.05) is 0 Å². The van der Waals surface area contributed by atoms with E-state index in [1.54, 1.807) is 35.2 Å². The molecule has 0 fully saturated rings. The van der Waals surface area contributed by atoms with Crippen molar-refractivity contribution >= 4 is 6.09 Å². The minimum atomic E-state index is -1.12. The fourth-order valence-corrected chi connectivity index (χ4v) is 1.83. The number of hydrogen-bond donors (Lipinski definition) is 2. The molecule has 0 aliphatic carbocycles. The summed E-state index contributed by atoms with van der Waals surface area (Å²) in [4.78, 5) is 10.8. The molecule has 1 atom stereocenters. The number of rotatable bonds is 5. The fourth-order valence-electron chi connectivity index (χ4n) is 1.83. The maximum absolute atomic E-state index is 12.9. The van der Waals surface area contributed by atoms with Gasteiger partial charge in [-0.1, -0.05) is 6.08 Å². The molecule has 5 nitrogen and oxygen atoms in total. The first-order chi connectivity index (χ1) is 9.60. The van der Waals surface area contributed by atoms with Gasteiger partial charge in [0.2, 0.25) is 0 Å². The van der Waals surface area contributed by atoms with Crippen LogP contribution in [0.5, 0.6) is 0 Å². The molecule has 20 heavy (non-hydrogen) atoms. The minimum Gasteiger partial charge on any atom is -0.465 e. The van der Waals surface area contributed by atoms with E-state index < -0.39 is 12.1 Å². The lowest BCUT2D eigenvalue weighted by atomic mass is 10.1. The number of amides is 1. The Morgan fingerprint density at radius 1 is 1.45 bits per heavy atom. The highest BCUT2D eigenvalue weighted by molar-refractivity contribution is 5.65. The maximum Gasteiger partial charge on any atom is 0.405 e. The van der Waals surface area contributed by atoms with Crippen LogP contribution in [0.3, 0.4) is 0 Å². The number of carboxylic acid groups (broad SMARTS) is 1. The van der Waals surface area contributed by atoms with Crippen molar-refractivity contribution in [1.29, 1.82) is 0 Å². The van der Waals surface area contributed by atoms with Crippen molar-refractivity contribution in [2.24, 2.45) is 0 Å². The average molecular weight is 275 g/mol. The van der Waals surface area contributed by atoms with Crippen LogP contribution in [-0.4, -0.2) is 21.0 Å². The molecular weight excluding hydrogens is 261 g/mol. The minimum absolute atomic E-state index is 0.321. The Morgan fingerprint density at radius 3 is 2.75 bits per heavy atom. The Bertz CT molecular complexity index is 607. The number of aromatic nitrogens is 2. The molecule has 0 saturated heterocycles. The summed E-state index contributed by atoms with van der Waals surface area (Å²) in [5.41, 5.74) is 1.28. The third-order valence-corrected chi connectivity index (χ3v) is 2.76. The molecule has 0 radical (unpaired) electrons. The standard InChI is InChI=1S/C14H14FN3O2/c1-2-3-12(16-14(19)20)13-8-9-18(17-13)11-6-4-10(15)5-7-11/h2,4-9,12,16H,1,3H2,(H,19,20)/t12-/m0/s1. The van der Waals surface area contributed by atoms with Gasteiger partial charge in [-0.25, -0.2) is 13.9 Å². The zero-order valence-corrected chi connectivity index (χ0v) is 10.7. The molecule has 0 aliphatic heterocycles. The molecule has 0 unspecified atom stereocenters. The number of nitrogens with one attached hydrogen (secondary N) is 1. The van der Waals surface area contributed by atoms with Crippen molar-refractivity contribution in [3.8, 4) is 5.69 Å². The zero-order chi connectivity index (χ0) is 14.5. The largest absolute Gasteiger partial charge is 0.465 e. The van der Waals surface area contributed by atoms with Crippen LogP contribution in [0.4, 0.5) is 9.18 Å². The molecule has 0 spiro atoms. The van der Waals surface area contributed by atoms with Crippen LogP contribution < -0.4 is 5.32 Å². The summed E-state index contributed by atoms with van der Waals surface area (Å²) in [5, 5.41) is 15.5. The topological polar surface area (TPSA) is 67.2 Å². The summed E-state index contributed by atoms with van der Waals surface area (Å²) in [7, 11) is 0. The summed E-state index contributed by atoms with van der Waals surface area (Å²) in [6, 6.07) is 7.14. The summed E-state index contributed by atoms with van der Waals surface area (Å²) < 4.78 is 14.4. The van der Waals surface area contributed by atoms with Crippen molar-refractivity contribution < 1.29 is 14.3 Å². The van der Waals surface area contributed by atoms with Crippen LogP contribution in [0.25, 0.3) is 5.69 Å². The Balaban J connectivity index is 2.23. The number of carbonyl (C=O) groups is 1. The Morgan fingerprint density at radius 2 is 2.15 bits per heavy atom. The van der Waals surface area contributed by atoms with E-state index in [1.165, 1.54) is 12.1 Å². The van der Waals surface area contributed by atoms with E-state index in [4.69, 9.17) is 5.11 Å². The number of benzene rings is 1. The number of nitrogens with zero attached hydrogens (tertiary/aromatic N) is 2. The van der Waals surface area contributed by atoms with Gasteiger partial charge in [0, 0.05) is 6.20 Å². The molecule has 1 aromatic heterocycles. The van der Waals surface area contributed by atoms with Crippen molar-refractivity contribution in [2.45, 2.75) is 12.5 Å². The Hall–Kier alpha value is -2.63. The van der Waals surface area contributed by atoms with E-state index in [9.17, 15) is 9.18 Å². The first kappa shape index (κ1) is 13.8. The normalized spacial score (nSPS) is 11.8. The lowest BCUT2D eigenvalue weighted by Crippen LogP contribution is -2.26. The van der Waals surface area contributed by atoms with Crippen molar-refractivity contribution in [3.63, 3.8) is 0 Å². The molecule has 0 aliphatic rings. The van der Waals surface area contributed by atoms with Crippen LogP contribution in [-0.2, 0) is 0 Å². The predicted octanol–water partition coefficient (Wildman–Crippen LogP) is 2.90. The van der Waals surface area contributed by atoms with Gasteiger partial charge < -0.3 is 10.4 Å². The van der Waals surface area contributed by atoms with Gasteiger partial charge in [0.05, 0.1) is 17.4 Å². The summed E-state index contributed by atoms with van der Waals surface area (Å²) in [6.07, 6.45) is 2.64. The second-order valence-corrected chi connectivity index (χ2v) is 4.19. The van der Waals surface area contributed by atoms with Crippen LogP contribution >= 0.6 is 0 Å². The van der Waals surface area contributed by atoms with Gasteiger partial charge in [-0.2, -0.15) is 5.10 Å². The lowest BCUT2D eigenvalue weighted by Gasteiger charge is -2.12. The van der Waals surface area contributed by atoms with E-state index in [1.807, 2.05) is 0 Å². The maximum atomic E-state index is 12.9. The van der Waals surface area contributed by atoms with Crippen LogP contribution in [0.2, 0.25) is 0 Å². The molecule has 2 aromatic rings. The smallest absolute Gasteiger partial charge is 0.405 e. The molecule has 104 valence electrons. The quantitative estimate of drug-likeness (QED) is 0.824. The van der Waals surface area contributed by atoms with E-state index in [0.717, 1.165) is 0 Å². The molecule has 6 heteroatoms. The monoisotopic (exact) mass is 275 g/mol. The van der Waals surface area contributed by atoms with E-state index in [2.05, 4.69) is 17.0 Å². The third kappa shape index (κ3) is 3.23. The van der Waals surface area contributed by atoms with Gasteiger partial charge in [0.1, 0.15) is 5.82 Å². The molecule has 1 amide bonds. The van der Waals surface area contributed by atoms with Crippen LogP contribution in [0, 0.1) is 5.82 Å². The van der Waals surface area contributed by atoms with E-state index in [-0.39, 0.29) is 5.82 Å². The Labute approximate surface area is 115 Å². The van der Waals surface area contributed by atoms with Gasteiger partial charge >= 0.3 is 6.09 Å². The summed E-state index contributed by atoms with van der Waals surface area (Å²) >= 11 is 0. The van der Waals surface area contributed by atoms with E-state index in [0.29, 0.717) is 17.8 Å². The molecule has 0 saturated carbocycles. The summed E-state index contributed by atoms with van der Waals surface area (Å²) in [6.45, 7) is 3.60. The molecular formula is C14H14FN3O2. The first-order valence-corrected chi connectivity index (χ1v) is 6.02. The molecule has 2 N–H and O–H groups in total. The molecule has 2 rings (SSSR count). The van der Waals surface area contributed by atoms with Crippen LogP contribution in [0.1, 0.15) is 18.2 Å². The molecule has 1 heterocycles. The summed E-state index contributed by atoms with van der Waals surface area (Å²) in [5.74, 6) is -0.321.